The number of nitrogens with one attached hydrogen (secondary N) is 1. The number of halogens is 4. The van der Waals surface area contributed by atoms with Crippen LogP contribution in [0.2, 0.25) is 20.1 Å². The first kappa shape index (κ1) is 21.6. The molecule has 4 nitrogen and oxygen atoms in total. The first-order valence-corrected chi connectivity index (χ1v) is 10.5. The molecule has 31 heavy (non-hydrogen) atoms. The minimum Gasteiger partial charge on any atom is -0.506 e. The van der Waals surface area contributed by atoms with Crippen LogP contribution in [0.15, 0.2) is 66.7 Å². The highest BCUT2D eigenvalue weighted by Gasteiger charge is 2.18. The van der Waals surface area contributed by atoms with Gasteiger partial charge in [0.1, 0.15) is 11.5 Å². The summed E-state index contributed by atoms with van der Waals surface area (Å²) in [6, 6.07) is 18.5. The summed E-state index contributed by atoms with van der Waals surface area (Å²) < 4.78 is 6.10. The highest BCUT2D eigenvalue weighted by Crippen LogP contribution is 2.38. The average molecular weight is 493 g/mol. The highest BCUT2D eigenvalue weighted by molar-refractivity contribution is 6.37. The van der Waals surface area contributed by atoms with E-state index in [9.17, 15) is 9.90 Å². The molecule has 0 aromatic heterocycles. The van der Waals surface area contributed by atoms with Crippen LogP contribution >= 0.6 is 46.4 Å². The molecule has 0 aliphatic heterocycles. The largest absolute Gasteiger partial charge is 0.506 e. The summed E-state index contributed by atoms with van der Waals surface area (Å²) in [7, 11) is 0. The maximum atomic E-state index is 12.8. The molecule has 8 heteroatoms. The normalized spacial score (nSPS) is 10.8. The third-order valence-electron chi connectivity index (χ3n) is 4.51. The fourth-order valence-electron chi connectivity index (χ4n) is 3.06. The Balaban J connectivity index is 1.71. The zero-order valence-electron chi connectivity index (χ0n) is 15.6. The Bertz CT molecular complexity index is 1320. The first-order valence-electron chi connectivity index (χ1n) is 8.97. The molecule has 156 valence electrons. The van der Waals surface area contributed by atoms with E-state index in [0.29, 0.717) is 27.2 Å². The summed E-state index contributed by atoms with van der Waals surface area (Å²) in [6.45, 7) is 0. The minimum atomic E-state index is -0.630. The quantitative estimate of drug-likeness (QED) is 0.301. The van der Waals surface area contributed by atoms with Gasteiger partial charge >= 0.3 is 0 Å². The van der Waals surface area contributed by atoms with Gasteiger partial charge in [-0.3, -0.25) is 4.79 Å². The van der Waals surface area contributed by atoms with Crippen molar-refractivity contribution in [3.8, 4) is 17.2 Å². The standard InChI is InChI=1S/C23H13Cl4NO3/c24-12-5-7-21(31-20-8-6-17(26)14-3-1-2-4-15(14)20)19(11-12)28-23(30)16-9-13(25)10-18(27)22(16)29/h1-11,29H,(H,28,30). The second-order valence-corrected chi connectivity index (χ2v) is 8.26. The van der Waals surface area contributed by atoms with E-state index < -0.39 is 5.91 Å². The maximum absolute atomic E-state index is 12.8. The van der Waals surface area contributed by atoms with Gasteiger partial charge in [0.2, 0.25) is 0 Å². The second kappa shape index (κ2) is 8.85. The monoisotopic (exact) mass is 491 g/mol. The number of ether oxygens (including phenoxy) is 1. The smallest absolute Gasteiger partial charge is 0.259 e. The summed E-state index contributed by atoms with van der Waals surface area (Å²) in [5.41, 5.74) is 0.215. The molecule has 2 N–H and O–H groups in total. The number of phenols is 1. The number of carbonyl (C=O) groups excluding carboxylic acids is 1. The minimum absolute atomic E-state index is 0.0344. The van der Waals surface area contributed by atoms with Gasteiger partial charge in [-0.2, -0.15) is 0 Å². The van der Waals surface area contributed by atoms with Crippen molar-refractivity contribution in [1.82, 2.24) is 0 Å². The van der Waals surface area contributed by atoms with E-state index in [-0.39, 0.29) is 21.4 Å². The van der Waals surface area contributed by atoms with Gasteiger partial charge in [-0.1, -0.05) is 70.7 Å². The lowest BCUT2D eigenvalue weighted by molar-refractivity contribution is 0.102. The third-order valence-corrected chi connectivity index (χ3v) is 5.58. The zero-order valence-corrected chi connectivity index (χ0v) is 18.7. The number of hydrogen-bond donors (Lipinski definition) is 2. The Hall–Kier alpha value is -2.63. The molecular weight excluding hydrogens is 480 g/mol. The Kier molecular flexibility index (Phi) is 6.17. The molecule has 4 aromatic carbocycles. The number of hydrogen-bond acceptors (Lipinski definition) is 3. The van der Waals surface area contributed by atoms with Crippen LogP contribution < -0.4 is 10.1 Å². The van der Waals surface area contributed by atoms with Crippen molar-refractivity contribution in [2.24, 2.45) is 0 Å². The molecule has 0 saturated heterocycles. The van der Waals surface area contributed by atoms with Gasteiger partial charge in [-0.15, -0.1) is 0 Å². The van der Waals surface area contributed by atoms with E-state index in [1.807, 2.05) is 24.3 Å². The molecule has 4 aromatic rings. The maximum Gasteiger partial charge on any atom is 0.259 e. The topological polar surface area (TPSA) is 58.6 Å². The van der Waals surface area contributed by atoms with Crippen LogP contribution in [-0.4, -0.2) is 11.0 Å². The lowest BCUT2D eigenvalue weighted by Crippen LogP contribution is -2.13. The molecule has 0 unspecified atom stereocenters. The fourth-order valence-corrected chi connectivity index (χ4v) is 3.95. The van der Waals surface area contributed by atoms with E-state index in [1.165, 1.54) is 18.2 Å². The number of aromatic hydroxyl groups is 1. The molecule has 1 amide bonds. The zero-order chi connectivity index (χ0) is 22.1. The summed E-state index contributed by atoms with van der Waals surface area (Å²) in [5, 5.41) is 15.6. The Morgan fingerprint density at radius 1 is 0.774 bits per heavy atom. The fraction of sp³-hybridized carbons (Fsp3) is 0. The van der Waals surface area contributed by atoms with Crippen LogP contribution in [0, 0.1) is 0 Å². The molecule has 0 bridgehead atoms. The molecule has 4 rings (SSSR count). The number of carbonyl (C=O) groups is 1. The Morgan fingerprint density at radius 2 is 1.48 bits per heavy atom. The highest BCUT2D eigenvalue weighted by atomic mass is 35.5. The number of anilines is 1. The van der Waals surface area contributed by atoms with E-state index >= 15 is 0 Å². The van der Waals surface area contributed by atoms with Crippen LogP contribution in [-0.2, 0) is 0 Å². The molecule has 0 atom stereocenters. The third kappa shape index (κ3) is 4.53. The van der Waals surface area contributed by atoms with Crippen molar-refractivity contribution in [3.05, 3.63) is 92.4 Å². The van der Waals surface area contributed by atoms with Crippen molar-refractivity contribution in [2.75, 3.05) is 5.32 Å². The van der Waals surface area contributed by atoms with Crippen LogP contribution in [0.4, 0.5) is 5.69 Å². The molecule has 0 aliphatic carbocycles. The van der Waals surface area contributed by atoms with Gasteiger partial charge in [0.15, 0.2) is 5.75 Å². The van der Waals surface area contributed by atoms with Crippen LogP contribution in [0.1, 0.15) is 10.4 Å². The van der Waals surface area contributed by atoms with Gasteiger partial charge in [0.25, 0.3) is 5.91 Å². The van der Waals surface area contributed by atoms with Crippen molar-refractivity contribution < 1.29 is 14.6 Å². The van der Waals surface area contributed by atoms with Gasteiger partial charge in [-0.05, 0) is 42.5 Å². The Labute approximate surface area is 197 Å². The van der Waals surface area contributed by atoms with E-state index in [0.717, 1.165) is 10.8 Å². The predicted octanol–water partition coefficient (Wildman–Crippen LogP) is 8.20. The number of benzene rings is 4. The van der Waals surface area contributed by atoms with Crippen molar-refractivity contribution in [2.45, 2.75) is 0 Å². The van der Waals surface area contributed by atoms with Crippen molar-refractivity contribution >= 4 is 68.8 Å². The Morgan fingerprint density at radius 3 is 2.26 bits per heavy atom. The summed E-state index contributed by atoms with van der Waals surface area (Å²) in [5.74, 6) is -0.115. The van der Waals surface area contributed by atoms with E-state index in [4.69, 9.17) is 51.1 Å². The van der Waals surface area contributed by atoms with Crippen LogP contribution in [0.25, 0.3) is 10.8 Å². The lowest BCUT2D eigenvalue weighted by Gasteiger charge is -2.15. The van der Waals surface area contributed by atoms with Crippen molar-refractivity contribution in [3.63, 3.8) is 0 Å². The predicted molar refractivity (Wildman–Crippen MR) is 127 cm³/mol. The van der Waals surface area contributed by atoms with Gasteiger partial charge in [0.05, 0.1) is 16.3 Å². The van der Waals surface area contributed by atoms with Gasteiger partial charge in [-0.25, -0.2) is 0 Å². The number of phenolic OH excluding ortho intramolecular Hbond substituents is 1. The number of amides is 1. The molecule has 0 aliphatic rings. The molecule has 0 heterocycles. The van der Waals surface area contributed by atoms with Crippen LogP contribution in [0.3, 0.4) is 0 Å². The van der Waals surface area contributed by atoms with Crippen molar-refractivity contribution in [1.29, 1.82) is 0 Å². The van der Waals surface area contributed by atoms with Crippen LogP contribution in [0.5, 0.6) is 17.2 Å². The van der Waals surface area contributed by atoms with E-state index in [2.05, 4.69) is 5.32 Å². The second-order valence-electron chi connectivity index (χ2n) is 6.57. The molecule has 0 spiro atoms. The summed E-state index contributed by atoms with van der Waals surface area (Å²) >= 11 is 24.3. The number of fused-ring (bicyclic) bond motifs is 1. The molecule has 0 fully saturated rings. The summed E-state index contributed by atoms with van der Waals surface area (Å²) in [6.07, 6.45) is 0. The van der Waals surface area contributed by atoms with Gasteiger partial charge < -0.3 is 15.2 Å². The number of rotatable bonds is 4. The van der Waals surface area contributed by atoms with Gasteiger partial charge in [0, 0.05) is 25.8 Å². The SMILES string of the molecule is O=C(Nc1cc(Cl)ccc1Oc1ccc(Cl)c2ccccc12)c1cc(Cl)cc(Cl)c1O. The average Bonchev–Trinajstić information content (AvgIpc) is 2.74. The summed E-state index contributed by atoms with van der Waals surface area (Å²) in [4.78, 5) is 12.8. The first-order chi connectivity index (χ1) is 14.8. The van der Waals surface area contributed by atoms with E-state index in [1.54, 1.807) is 24.3 Å². The molecule has 0 saturated carbocycles. The lowest BCUT2D eigenvalue weighted by atomic mass is 10.1. The molecular formula is C23H13Cl4NO3. The molecule has 0 radical (unpaired) electrons.